The molecule has 0 atom stereocenters. The van der Waals surface area contributed by atoms with Gasteiger partial charge in [0.2, 0.25) is 15.9 Å². The van der Waals surface area contributed by atoms with Crippen LogP contribution in [0.15, 0.2) is 35.2 Å². The molecule has 6 heteroatoms. The van der Waals surface area contributed by atoms with Gasteiger partial charge in [0.05, 0.1) is 4.90 Å². The number of rotatable bonds is 5. The Morgan fingerprint density at radius 1 is 0.964 bits per heavy atom. The monoisotopic (exact) mass is 404 g/mol. The zero-order valence-corrected chi connectivity index (χ0v) is 17.7. The normalized spacial score (nSPS) is 20.2. The Morgan fingerprint density at radius 2 is 1.54 bits per heavy atom. The van der Waals surface area contributed by atoms with Crippen LogP contribution in [0.25, 0.3) is 6.08 Å². The number of benzene rings is 1. The highest BCUT2D eigenvalue weighted by Gasteiger charge is 2.25. The average molecular weight is 405 g/mol. The smallest absolute Gasteiger partial charge is 0.246 e. The maximum Gasteiger partial charge on any atom is 0.246 e. The van der Waals surface area contributed by atoms with Crippen molar-refractivity contribution >= 4 is 22.0 Å². The molecule has 1 aromatic rings. The minimum Gasteiger partial charge on any atom is -0.339 e. The zero-order chi connectivity index (χ0) is 20.0. The molecule has 154 valence electrons. The van der Waals surface area contributed by atoms with Gasteiger partial charge in [-0.05, 0) is 49.5 Å². The second-order valence-corrected chi connectivity index (χ2v) is 9.90. The lowest BCUT2D eigenvalue weighted by molar-refractivity contribution is -0.127. The molecule has 0 unspecified atom stereocenters. The van der Waals surface area contributed by atoms with Crippen LogP contribution in [0.1, 0.15) is 63.4 Å². The van der Waals surface area contributed by atoms with E-state index in [1.54, 1.807) is 40.7 Å². The molecule has 1 amide bonds. The third kappa shape index (κ3) is 5.23. The molecule has 0 aromatic heterocycles. The lowest BCUT2D eigenvalue weighted by Crippen LogP contribution is -2.37. The molecular formula is C22H32N2O3S. The van der Waals surface area contributed by atoms with Gasteiger partial charge in [0.15, 0.2) is 0 Å². The molecule has 1 aliphatic heterocycles. The van der Waals surface area contributed by atoms with Crippen LogP contribution in [0.4, 0.5) is 0 Å². The number of hydrogen-bond donors (Lipinski definition) is 0. The molecule has 0 N–H and O–H groups in total. The third-order valence-electron chi connectivity index (χ3n) is 5.97. The van der Waals surface area contributed by atoms with Crippen molar-refractivity contribution in [3.8, 4) is 0 Å². The van der Waals surface area contributed by atoms with Crippen molar-refractivity contribution in [3.05, 3.63) is 35.9 Å². The summed E-state index contributed by atoms with van der Waals surface area (Å²) in [6.45, 7) is 1.21. The summed E-state index contributed by atoms with van der Waals surface area (Å²) in [6, 6.07) is 7.18. The fraction of sp³-hybridized carbons (Fsp3) is 0.591. The van der Waals surface area contributed by atoms with Gasteiger partial charge in [-0.1, -0.05) is 44.2 Å². The van der Waals surface area contributed by atoms with Gasteiger partial charge in [-0.15, -0.1) is 0 Å². The van der Waals surface area contributed by atoms with E-state index < -0.39 is 10.0 Å². The molecule has 0 radical (unpaired) electrons. The molecule has 1 heterocycles. The topological polar surface area (TPSA) is 57.7 Å². The molecule has 1 aromatic carbocycles. The van der Waals surface area contributed by atoms with Gasteiger partial charge in [-0.3, -0.25) is 4.79 Å². The van der Waals surface area contributed by atoms with Crippen LogP contribution in [0, 0.1) is 0 Å². The minimum absolute atomic E-state index is 0.00756. The summed E-state index contributed by atoms with van der Waals surface area (Å²) < 4.78 is 27.3. The number of likely N-dealkylation sites (N-methyl/N-ethyl adjacent to an activating group) is 1. The predicted octanol–water partition coefficient (Wildman–Crippen LogP) is 4.06. The highest BCUT2D eigenvalue weighted by Crippen LogP contribution is 2.23. The van der Waals surface area contributed by atoms with Crippen LogP contribution in [0.2, 0.25) is 0 Å². The number of amides is 1. The standard InChI is InChI=1S/C22H32N2O3S/c1-23(20-9-5-4-6-10-20)22(25)16-13-19-11-14-21(15-12-19)28(26,27)24-17-7-2-3-8-18-24/h11-16,20H,2-10,17-18H2,1H3/b16-13+. The van der Waals surface area contributed by atoms with E-state index in [1.807, 2.05) is 11.9 Å². The van der Waals surface area contributed by atoms with E-state index in [-0.39, 0.29) is 5.91 Å². The highest BCUT2D eigenvalue weighted by atomic mass is 32.2. The first-order valence-corrected chi connectivity index (χ1v) is 12.0. The Morgan fingerprint density at radius 3 is 2.14 bits per heavy atom. The maximum absolute atomic E-state index is 12.8. The van der Waals surface area contributed by atoms with E-state index in [1.165, 1.54) is 19.3 Å². The molecule has 28 heavy (non-hydrogen) atoms. The van der Waals surface area contributed by atoms with E-state index in [0.29, 0.717) is 24.0 Å². The average Bonchev–Trinajstić information content (AvgIpc) is 3.02. The molecule has 3 rings (SSSR count). The van der Waals surface area contributed by atoms with Gasteiger partial charge < -0.3 is 4.90 Å². The van der Waals surface area contributed by atoms with Crippen molar-refractivity contribution in [2.75, 3.05) is 20.1 Å². The Bertz CT molecular complexity index is 773. The van der Waals surface area contributed by atoms with Gasteiger partial charge >= 0.3 is 0 Å². The van der Waals surface area contributed by atoms with E-state index in [4.69, 9.17) is 0 Å². The largest absolute Gasteiger partial charge is 0.339 e. The van der Waals surface area contributed by atoms with Crippen LogP contribution in [0.3, 0.4) is 0 Å². The minimum atomic E-state index is -3.43. The Hall–Kier alpha value is -1.66. The Balaban J connectivity index is 1.63. The molecule has 5 nitrogen and oxygen atoms in total. The fourth-order valence-electron chi connectivity index (χ4n) is 4.12. The van der Waals surface area contributed by atoms with Gasteiger partial charge in [-0.25, -0.2) is 8.42 Å². The summed E-state index contributed by atoms with van der Waals surface area (Å²) in [6.07, 6.45) is 13.2. The second-order valence-electron chi connectivity index (χ2n) is 7.96. The number of hydrogen-bond acceptors (Lipinski definition) is 3. The van der Waals surface area contributed by atoms with Crippen molar-refractivity contribution in [3.63, 3.8) is 0 Å². The molecule has 2 aliphatic rings. The second kappa shape index (κ2) is 9.70. The van der Waals surface area contributed by atoms with Crippen molar-refractivity contribution < 1.29 is 13.2 Å². The van der Waals surface area contributed by atoms with Gasteiger partial charge in [0.1, 0.15) is 0 Å². The van der Waals surface area contributed by atoms with E-state index in [9.17, 15) is 13.2 Å². The Kier molecular flexibility index (Phi) is 7.30. The number of carbonyl (C=O) groups excluding carboxylic acids is 1. The highest BCUT2D eigenvalue weighted by molar-refractivity contribution is 7.89. The molecule has 0 bridgehead atoms. The molecule has 1 saturated heterocycles. The van der Waals surface area contributed by atoms with Crippen LogP contribution in [0.5, 0.6) is 0 Å². The molecular weight excluding hydrogens is 372 g/mol. The van der Waals surface area contributed by atoms with Crippen LogP contribution in [-0.2, 0) is 14.8 Å². The summed E-state index contributed by atoms with van der Waals surface area (Å²) in [5, 5.41) is 0. The van der Waals surface area contributed by atoms with Gasteiger partial charge in [0.25, 0.3) is 0 Å². The first-order valence-electron chi connectivity index (χ1n) is 10.5. The first kappa shape index (κ1) is 21.1. The SMILES string of the molecule is CN(C(=O)/C=C/c1ccc(S(=O)(=O)N2CCCCCC2)cc1)C1CCCCC1. The summed E-state index contributed by atoms with van der Waals surface area (Å²) in [4.78, 5) is 14.6. The van der Waals surface area contributed by atoms with Crippen LogP contribution >= 0.6 is 0 Å². The van der Waals surface area contributed by atoms with Gasteiger partial charge in [-0.2, -0.15) is 4.31 Å². The van der Waals surface area contributed by atoms with Crippen molar-refractivity contribution in [1.82, 2.24) is 9.21 Å². The number of sulfonamides is 1. The van der Waals surface area contributed by atoms with E-state index >= 15 is 0 Å². The summed E-state index contributed by atoms with van der Waals surface area (Å²) in [5.74, 6) is 0.00756. The molecule has 1 saturated carbocycles. The number of carbonyl (C=O) groups is 1. The van der Waals surface area contributed by atoms with E-state index in [2.05, 4.69) is 0 Å². The van der Waals surface area contributed by atoms with Crippen molar-refractivity contribution in [2.24, 2.45) is 0 Å². The molecule has 2 fully saturated rings. The zero-order valence-electron chi connectivity index (χ0n) is 16.8. The van der Waals surface area contributed by atoms with Crippen molar-refractivity contribution in [2.45, 2.75) is 68.7 Å². The molecule has 1 aliphatic carbocycles. The van der Waals surface area contributed by atoms with Crippen LogP contribution in [-0.4, -0.2) is 49.7 Å². The molecule has 0 spiro atoms. The fourth-order valence-corrected chi connectivity index (χ4v) is 5.63. The van der Waals surface area contributed by atoms with Crippen molar-refractivity contribution in [1.29, 1.82) is 0 Å². The number of nitrogens with zero attached hydrogens (tertiary/aromatic N) is 2. The Labute approximate surface area is 169 Å². The summed E-state index contributed by atoms with van der Waals surface area (Å²) in [7, 11) is -1.55. The summed E-state index contributed by atoms with van der Waals surface area (Å²) in [5.41, 5.74) is 0.834. The lowest BCUT2D eigenvalue weighted by atomic mass is 9.94. The summed E-state index contributed by atoms with van der Waals surface area (Å²) >= 11 is 0. The van der Waals surface area contributed by atoms with Gasteiger partial charge in [0, 0.05) is 32.3 Å². The van der Waals surface area contributed by atoms with Crippen LogP contribution < -0.4 is 0 Å². The first-order chi connectivity index (χ1) is 13.5. The predicted molar refractivity (Wildman–Crippen MR) is 112 cm³/mol. The van der Waals surface area contributed by atoms with E-state index in [0.717, 1.165) is 44.1 Å². The quantitative estimate of drug-likeness (QED) is 0.696. The maximum atomic E-state index is 12.8. The lowest BCUT2D eigenvalue weighted by Gasteiger charge is -2.30. The third-order valence-corrected chi connectivity index (χ3v) is 7.88.